The minimum Gasteiger partial charge on any atom is -0.493 e. The topological polar surface area (TPSA) is 18.5 Å². The lowest BCUT2D eigenvalue weighted by Crippen LogP contribution is -2.30. The predicted molar refractivity (Wildman–Crippen MR) is 87.0 cm³/mol. The van der Waals surface area contributed by atoms with Crippen molar-refractivity contribution in [2.24, 2.45) is 5.41 Å². The van der Waals surface area contributed by atoms with Crippen molar-refractivity contribution >= 4 is 5.57 Å². The number of rotatable bonds is 4. The summed E-state index contributed by atoms with van der Waals surface area (Å²) in [6.07, 6.45) is -0.808. The fourth-order valence-corrected chi connectivity index (χ4v) is 3.86. The minimum atomic E-state index is -4.25. The van der Waals surface area contributed by atoms with Gasteiger partial charge in [-0.15, -0.1) is 0 Å². The maximum Gasteiger partial charge on any atom is 0.392 e. The lowest BCUT2D eigenvalue weighted by molar-refractivity contribution is -0.139. The van der Waals surface area contributed by atoms with Crippen LogP contribution in [-0.4, -0.2) is 26.0 Å². The number of benzene rings is 1. The van der Waals surface area contributed by atoms with Crippen LogP contribution in [-0.2, 0) is 11.2 Å². The van der Waals surface area contributed by atoms with Crippen molar-refractivity contribution in [1.29, 1.82) is 0 Å². The van der Waals surface area contributed by atoms with Crippen molar-refractivity contribution in [3.8, 4) is 5.75 Å². The molecule has 0 N–H and O–H groups in total. The van der Waals surface area contributed by atoms with Crippen LogP contribution in [0.25, 0.3) is 5.57 Å². The summed E-state index contributed by atoms with van der Waals surface area (Å²) >= 11 is 0. The summed E-state index contributed by atoms with van der Waals surface area (Å²) in [6, 6.07) is 5.24. The quantitative estimate of drug-likeness (QED) is 0.752. The third-order valence-corrected chi connectivity index (χ3v) is 5.29. The molecule has 0 heterocycles. The molecule has 0 radical (unpaired) electrons. The van der Waals surface area contributed by atoms with Gasteiger partial charge in [0.2, 0.25) is 0 Å². The second kappa shape index (κ2) is 6.43. The molecular weight excluding hydrogens is 317 g/mol. The van der Waals surface area contributed by atoms with Crippen LogP contribution in [0.1, 0.15) is 46.0 Å². The molecule has 1 spiro atoms. The summed E-state index contributed by atoms with van der Waals surface area (Å²) in [7, 11) is 1.70. The monoisotopic (exact) mass is 342 g/mol. The zero-order valence-corrected chi connectivity index (χ0v) is 13.7. The van der Waals surface area contributed by atoms with E-state index in [-0.39, 0.29) is 18.0 Å². The normalized spacial score (nSPS) is 27.7. The van der Waals surface area contributed by atoms with E-state index >= 15 is 0 Å². The molecule has 2 aliphatic rings. The number of methoxy groups -OCH3 is 1. The molecule has 1 aromatic carbocycles. The Morgan fingerprint density at radius 3 is 2.71 bits per heavy atom. The summed E-state index contributed by atoms with van der Waals surface area (Å²) in [5.41, 5.74) is 2.28. The van der Waals surface area contributed by atoms with Gasteiger partial charge in [0.05, 0.1) is 21.9 Å². The van der Waals surface area contributed by atoms with Gasteiger partial charge >= 0.3 is 6.18 Å². The van der Waals surface area contributed by atoms with Crippen molar-refractivity contribution in [2.45, 2.75) is 50.8 Å². The largest absolute Gasteiger partial charge is 0.493 e. The smallest absolute Gasteiger partial charge is 0.392 e. The fraction of sp³-hybridized carbons (Fsp3) is 0.579. The van der Waals surface area contributed by atoms with Crippen molar-refractivity contribution in [1.82, 2.24) is 0 Å². The minimum absolute atomic E-state index is 0.215. The van der Waals surface area contributed by atoms with Crippen LogP contribution in [0.15, 0.2) is 24.7 Å². The van der Waals surface area contributed by atoms with Gasteiger partial charge in [0, 0.05) is 7.11 Å². The molecule has 0 saturated heterocycles. The van der Waals surface area contributed by atoms with Crippen LogP contribution >= 0.6 is 0 Å². The third kappa shape index (κ3) is 3.46. The van der Waals surface area contributed by atoms with Gasteiger partial charge in [0.25, 0.3) is 0 Å². The Kier molecular flexibility index (Phi) is 3.97. The Morgan fingerprint density at radius 1 is 1.33 bits per heavy atom. The average molecular weight is 342 g/mol. The molecule has 0 unspecified atom stereocenters. The molecule has 24 heavy (non-hydrogen) atoms. The van der Waals surface area contributed by atoms with Crippen LogP contribution < -0.4 is 4.74 Å². The Hall–Kier alpha value is -1.49. The van der Waals surface area contributed by atoms with E-state index in [4.69, 9.17) is 12.2 Å². The zero-order chi connectivity index (χ0) is 18.9. The van der Waals surface area contributed by atoms with E-state index in [0.29, 0.717) is 11.3 Å². The van der Waals surface area contributed by atoms with Gasteiger partial charge in [0.15, 0.2) is 0 Å². The summed E-state index contributed by atoms with van der Waals surface area (Å²) in [4.78, 5) is 0. The molecule has 132 valence electrons. The lowest BCUT2D eigenvalue weighted by atomic mass is 9.69. The molecule has 0 aromatic heterocycles. The first-order chi connectivity index (χ1) is 12.2. The van der Waals surface area contributed by atoms with Gasteiger partial charge < -0.3 is 9.47 Å². The van der Waals surface area contributed by atoms with Gasteiger partial charge in [0.1, 0.15) is 5.75 Å². The van der Waals surface area contributed by atoms with Crippen LogP contribution in [0, 0.1) is 5.41 Å². The van der Waals surface area contributed by atoms with Crippen LogP contribution in [0.5, 0.6) is 5.75 Å². The first-order valence-electron chi connectivity index (χ1n) is 9.28. The van der Waals surface area contributed by atoms with E-state index in [2.05, 4.69) is 0 Å². The maximum absolute atomic E-state index is 12.3. The number of hydrogen-bond acceptors (Lipinski definition) is 2. The number of ether oxygens (including phenoxy) is 2. The number of hydrogen-bond donors (Lipinski definition) is 0. The van der Waals surface area contributed by atoms with E-state index in [1.165, 1.54) is 0 Å². The number of halogens is 3. The Morgan fingerprint density at radius 2 is 2.08 bits per heavy atom. The van der Waals surface area contributed by atoms with E-state index < -0.39 is 19.2 Å². The molecule has 3 rings (SSSR count). The van der Waals surface area contributed by atoms with Gasteiger partial charge in [-0.3, -0.25) is 0 Å². The molecule has 1 saturated carbocycles. The zero-order valence-electron chi connectivity index (χ0n) is 15.7. The lowest BCUT2D eigenvalue weighted by Gasteiger charge is -2.37. The molecule has 2 aliphatic carbocycles. The highest BCUT2D eigenvalue weighted by atomic mass is 19.4. The third-order valence-electron chi connectivity index (χ3n) is 5.29. The Bertz CT molecular complexity index is 689. The average Bonchev–Trinajstić information content (AvgIpc) is 2.87. The summed E-state index contributed by atoms with van der Waals surface area (Å²) in [6.45, 7) is -0.650. The van der Waals surface area contributed by atoms with Gasteiger partial charge in [-0.05, 0) is 66.4 Å². The highest BCUT2D eigenvalue weighted by molar-refractivity contribution is 5.76. The highest BCUT2D eigenvalue weighted by Gasteiger charge is 2.43. The van der Waals surface area contributed by atoms with Crippen molar-refractivity contribution < 1.29 is 25.4 Å². The van der Waals surface area contributed by atoms with Crippen LogP contribution in [0.3, 0.4) is 0 Å². The van der Waals surface area contributed by atoms with Crippen LogP contribution in [0.4, 0.5) is 13.2 Å². The van der Waals surface area contributed by atoms with E-state index in [1.807, 2.05) is 6.07 Å². The van der Waals surface area contributed by atoms with Crippen molar-refractivity contribution in [2.75, 3.05) is 13.7 Å². The number of alkyl halides is 3. The van der Waals surface area contributed by atoms with Crippen molar-refractivity contribution in [3.63, 3.8) is 0 Å². The molecular formula is C19H23F3O2. The van der Waals surface area contributed by atoms with Gasteiger partial charge in [-0.1, -0.05) is 12.6 Å². The number of allylic oxidation sites excluding steroid dienone is 1. The van der Waals surface area contributed by atoms with Gasteiger partial charge in [-0.2, -0.15) is 13.2 Å². The van der Waals surface area contributed by atoms with Crippen molar-refractivity contribution in [3.05, 3.63) is 35.9 Å². The first kappa shape index (κ1) is 14.8. The molecule has 0 bridgehead atoms. The SMILES string of the molecule is [2H]C([2H])=C1c2cc(OCCC(F)(F)F)ccc2CC12CCC(OC)CC2. The molecule has 1 aromatic rings. The maximum atomic E-state index is 12.3. The molecule has 0 amide bonds. The second-order valence-electron chi connectivity index (χ2n) is 6.80. The predicted octanol–water partition coefficient (Wildman–Crippen LogP) is 5.16. The standard InChI is InChI=1S/C19H23F3O2/c1-13-17-11-16(24-10-9-19(20,21)22)4-3-14(17)12-18(13)7-5-15(23-2)6-8-18/h3-4,11,15H,1,5-10,12H2,2H3/i1D2. The molecule has 1 fully saturated rings. The number of fused-ring (bicyclic) bond motifs is 1. The van der Waals surface area contributed by atoms with E-state index in [1.54, 1.807) is 19.2 Å². The summed E-state index contributed by atoms with van der Waals surface area (Å²) < 4.78 is 63.5. The van der Waals surface area contributed by atoms with Crippen LogP contribution in [0.2, 0.25) is 0 Å². The fourth-order valence-electron chi connectivity index (χ4n) is 3.86. The molecule has 0 atom stereocenters. The Balaban J connectivity index is 1.82. The van der Waals surface area contributed by atoms with Gasteiger partial charge in [-0.25, -0.2) is 0 Å². The molecule has 5 heteroatoms. The first-order valence-corrected chi connectivity index (χ1v) is 8.28. The second-order valence-corrected chi connectivity index (χ2v) is 6.80. The van der Waals surface area contributed by atoms with E-state index in [9.17, 15) is 13.2 Å². The van der Waals surface area contributed by atoms with E-state index in [0.717, 1.165) is 43.2 Å². The highest BCUT2D eigenvalue weighted by Crippen LogP contribution is 2.54. The Labute approximate surface area is 143 Å². The molecule has 2 nitrogen and oxygen atoms in total. The summed E-state index contributed by atoms with van der Waals surface area (Å²) in [5.74, 6) is 0.356. The summed E-state index contributed by atoms with van der Waals surface area (Å²) in [5, 5.41) is 0. The molecule has 0 aliphatic heterocycles.